The Labute approximate surface area is 121 Å². The lowest BCUT2D eigenvalue weighted by molar-refractivity contribution is -0.122. The van der Waals surface area contributed by atoms with Crippen molar-refractivity contribution in [1.29, 1.82) is 0 Å². The fraction of sp³-hybridized carbons (Fsp3) is 0.250. The second-order valence-electron chi connectivity index (χ2n) is 4.88. The van der Waals surface area contributed by atoms with Crippen LogP contribution in [-0.2, 0) is 20.8 Å². The first-order valence-electron chi connectivity index (χ1n) is 6.68. The van der Waals surface area contributed by atoms with Crippen molar-refractivity contribution in [3.63, 3.8) is 0 Å². The van der Waals surface area contributed by atoms with Gasteiger partial charge in [-0.15, -0.1) is 0 Å². The Balaban J connectivity index is 1.89. The lowest BCUT2D eigenvalue weighted by Crippen LogP contribution is -2.27. The standard InChI is InChI=1S/C16H15NO4/c1-20-16(19)11-6-5-10-3-2-4-12(13(10)7-11)8-17-15(18)14-9-21-14/h2-7,14H,8-9H2,1H3,(H,17,18). The number of carbonyl (C=O) groups excluding carboxylic acids is 2. The van der Waals surface area contributed by atoms with Crippen molar-refractivity contribution < 1.29 is 19.1 Å². The van der Waals surface area contributed by atoms with Gasteiger partial charge in [0.05, 0.1) is 19.3 Å². The zero-order valence-corrected chi connectivity index (χ0v) is 11.6. The molecule has 108 valence electrons. The molecule has 1 saturated heterocycles. The smallest absolute Gasteiger partial charge is 0.337 e. The quantitative estimate of drug-likeness (QED) is 0.685. The summed E-state index contributed by atoms with van der Waals surface area (Å²) < 4.78 is 9.68. The van der Waals surface area contributed by atoms with E-state index in [9.17, 15) is 9.59 Å². The molecule has 1 amide bonds. The van der Waals surface area contributed by atoms with Crippen LogP contribution in [0.25, 0.3) is 10.8 Å². The Kier molecular flexibility index (Phi) is 3.58. The van der Waals surface area contributed by atoms with E-state index in [1.54, 1.807) is 12.1 Å². The van der Waals surface area contributed by atoms with Gasteiger partial charge < -0.3 is 14.8 Å². The minimum Gasteiger partial charge on any atom is -0.465 e. The number of rotatable bonds is 4. The maximum Gasteiger partial charge on any atom is 0.337 e. The summed E-state index contributed by atoms with van der Waals surface area (Å²) >= 11 is 0. The largest absolute Gasteiger partial charge is 0.465 e. The first-order valence-corrected chi connectivity index (χ1v) is 6.68. The van der Waals surface area contributed by atoms with Gasteiger partial charge in [-0.05, 0) is 28.5 Å². The molecule has 0 radical (unpaired) electrons. The molecule has 5 heteroatoms. The van der Waals surface area contributed by atoms with E-state index in [1.165, 1.54) is 7.11 Å². The molecule has 1 atom stereocenters. The van der Waals surface area contributed by atoms with E-state index in [0.29, 0.717) is 18.7 Å². The number of hydrogen-bond donors (Lipinski definition) is 1. The normalized spacial score (nSPS) is 16.5. The number of epoxide rings is 1. The molecule has 0 aromatic heterocycles. The van der Waals surface area contributed by atoms with Crippen LogP contribution < -0.4 is 5.32 Å². The van der Waals surface area contributed by atoms with Gasteiger partial charge in [0, 0.05) is 6.54 Å². The molecule has 1 unspecified atom stereocenters. The van der Waals surface area contributed by atoms with Crippen LogP contribution >= 0.6 is 0 Å². The minimum absolute atomic E-state index is 0.101. The van der Waals surface area contributed by atoms with Gasteiger partial charge in [-0.1, -0.05) is 24.3 Å². The maximum absolute atomic E-state index is 11.6. The van der Waals surface area contributed by atoms with Crippen LogP contribution in [0.2, 0.25) is 0 Å². The monoisotopic (exact) mass is 285 g/mol. The minimum atomic E-state index is -0.373. The number of hydrogen-bond acceptors (Lipinski definition) is 4. The third kappa shape index (κ3) is 2.87. The van der Waals surface area contributed by atoms with Gasteiger partial charge in [0.25, 0.3) is 5.91 Å². The highest BCUT2D eigenvalue weighted by molar-refractivity contribution is 5.96. The molecular weight excluding hydrogens is 270 g/mol. The molecule has 0 spiro atoms. The fourth-order valence-corrected chi connectivity index (χ4v) is 2.23. The molecule has 21 heavy (non-hydrogen) atoms. The third-order valence-electron chi connectivity index (χ3n) is 3.47. The average molecular weight is 285 g/mol. The van der Waals surface area contributed by atoms with Gasteiger partial charge in [-0.2, -0.15) is 0 Å². The summed E-state index contributed by atoms with van der Waals surface area (Å²) in [5.74, 6) is -0.474. The molecule has 1 aliphatic rings. The Morgan fingerprint density at radius 3 is 2.86 bits per heavy atom. The summed E-state index contributed by atoms with van der Waals surface area (Å²) in [7, 11) is 1.36. The highest BCUT2D eigenvalue weighted by Gasteiger charge is 2.30. The molecular formula is C16H15NO4. The van der Waals surface area contributed by atoms with E-state index in [0.717, 1.165) is 16.3 Å². The predicted octanol–water partition coefficient (Wildman–Crippen LogP) is 1.64. The van der Waals surface area contributed by atoms with Gasteiger partial charge in [0.1, 0.15) is 0 Å². The molecule has 2 aromatic carbocycles. The number of amides is 1. The van der Waals surface area contributed by atoms with Crippen molar-refractivity contribution in [2.45, 2.75) is 12.6 Å². The molecule has 5 nitrogen and oxygen atoms in total. The van der Waals surface area contributed by atoms with Crippen LogP contribution in [0.3, 0.4) is 0 Å². The molecule has 2 aromatic rings. The number of fused-ring (bicyclic) bond motifs is 1. The summed E-state index contributed by atoms with van der Waals surface area (Å²) in [5.41, 5.74) is 1.45. The molecule has 1 fully saturated rings. The van der Waals surface area contributed by atoms with Gasteiger partial charge >= 0.3 is 5.97 Å². The van der Waals surface area contributed by atoms with Gasteiger partial charge in [0.15, 0.2) is 6.10 Å². The number of nitrogens with one attached hydrogen (secondary N) is 1. The topological polar surface area (TPSA) is 67.9 Å². The van der Waals surface area contributed by atoms with Gasteiger partial charge in [-0.25, -0.2) is 4.79 Å². The molecule has 1 heterocycles. The van der Waals surface area contributed by atoms with Crippen LogP contribution in [0.15, 0.2) is 36.4 Å². The fourth-order valence-electron chi connectivity index (χ4n) is 2.23. The van der Waals surface area contributed by atoms with Gasteiger partial charge in [-0.3, -0.25) is 4.79 Å². The summed E-state index contributed by atoms with van der Waals surface area (Å²) in [4.78, 5) is 23.2. The van der Waals surface area contributed by atoms with Crippen molar-refractivity contribution in [1.82, 2.24) is 5.32 Å². The number of esters is 1. The van der Waals surface area contributed by atoms with Crippen molar-refractivity contribution in [2.75, 3.05) is 13.7 Å². The van der Waals surface area contributed by atoms with Crippen molar-refractivity contribution >= 4 is 22.6 Å². The lowest BCUT2D eigenvalue weighted by Gasteiger charge is -2.09. The van der Waals surface area contributed by atoms with E-state index < -0.39 is 0 Å². The lowest BCUT2D eigenvalue weighted by atomic mass is 10.0. The molecule has 0 aliphatic carbocycles. The first-order chi connectivity index (χ1) is 10.2. The van der Waals surface area contributed by atoms with Crippen LogP contribution in [0.4, 0.5) is 0 Å². The van der Waals surface area contributed by atoms with Crippen LogP contribution in [-0.4, -0.2) is 31.7 Å². The molecule has 1 aliphatic heterocycles. The molecule has 0 bridgehead atoms. The van der Waals surface area contributed by atoms with E-state index in [1.807, 2.05) is 24.3 Å². The van der Waals surface area contributed by atoms with Crippen LogP contribution in [0.1, 0.15) is 15.9 Å². The second kappa shape index (κ2) is 5.54. The SMILES string of the molecule is COC(=O)c1ccc2cccc(CNC(=O)C3CO3)c2c1. The average Bonchev–Trinajstić information content (AvgIpc) is 3.36. The van der Waals surface area contributed by atoms with Crippen LogP contribution in [0, 0.1) is 0 Å². The van der Waals surface area contributed by atoms with E-state index in [-0.39, 0.29) is 18.0 Å². The summed E-state index contributed by atoms with van der Waals surface area (Å²) in [6, 6.07) is 11.2. The van der Waals surface area contributed by atoms with Gasteiger partial charge in [0.2, 0.25) is 0 Å². The van der Waals surface area contributed by atoms with Crippen LogP contribution in [0.5, 0.6) is 0 Å². The highest BCUT2D eigenvalue weighted by atomic mass is 16.6. The Morgan fingerprint density at radius 1 is 1.33 bits per heavy atom. The Hall–Kier alpha value is -2.40. The molecule has 0 saturated carbocycles. The first kappa shape index (κ1) is 13.6. The molecule has 1 N–H and O–H groups in total. The second-order valence-corrected chi connectivity index (χ2v) is 4.88. The predicted molar refractivity (Wildman–Crippen MR) is 76.9 cm³/mol. The Morgan fingerprint density at radius 2 is 2.14 bits per heavy atom. The van der Waals surface area contributed by atoms with Crippen molar-refractivity contribution in [3.8, 4) is 0 Å². The third-order valence-corrected chi connectivity index (χ3v) is 3.47. The number of methoxy groups -OCH3 is 1. The zero-order chi connectivity index (χ0) is 14.8. The maximum atomic E-state index is 11.6. The van der Waals surface area contributed by atoms with E-state index >= 15 is 0 Å². The zero-order valence-electron chi connectivity index (χ0n) is 11.6. The van der Waals surface area contributed by atoms with Crippen molar-refractivity contribution in [3.05, 3.63) is 47.5 Å². The number of benzene rings is 2. The van der Waals surface area contributed by atoms with Crippen molar-refractivity contribution in [2.24, 2.45) is 0 Å². The summed E-state index contributed by atoms with van der Waals surface area (Å²) in [6.45, 7) is 0.897. The highest BCUT2D eigenvalue weighted by Crippen LogP contribution is 2.21. The summed E-state index contributed by atoms with van der Waals surface area (Å²) in [6.07, 6.45) is -0.300. The summed E-state index contributed by atoms with van der Waals surface area (Å²) in [5, 5.41) is 4.77. The number of carbonyl (C=O) groups is 2. The van der Waals surface area contributed by atoms with E-state index in [4.69, 9.17) is 9.47 Å². The Bertz CT molecular complexity index is 706. The molecule has 3 rings (SSSR count). The number of ether oxygens (including phenoxy) is 2. The van der Waals surface area contributed by atoms with E-state index in [2.05, 4.69) is 5.32 Å².